The Morgan fingerprint density at radius 2 is 2.28 bits per heavy atom. The average molecular weight is 247 g/mol. The summed E-state index contributed by atoms with van der Waals surface area (Å²) in [5.74, 6) is 2.04. The van der Waals surface area contributed by atoms with Crippen molar-refractivity contribution in [3.05, 3.63) is 23.9 Å². The van der Waals surface area contributed by atoms with Crippen LogP contribution in [0.2, 0.25) is 0 Å². The first-order chi connectivity index (χ1) is 8.76. The van der Waals surface area contributed by atoms with Crippen molar-refractivity contribution in [2.75, 3.05) is 25.0 Å². The van der Waals surface area contributed by atoms with Crippen molar-refractivity contribution in [1.82, 2.24) is 10.3 Å². The molecule has 1 aliphatic rings. The van der Waals surface area contributed by atoms with Gasteiger partial charge in [0.25, 0.3) is 0 Å². The lowest BCUT2D eigenvalue weighted by Gasteiger charge is -2.34. The Kier molecular flexibility index (Phi) is 4.59. The lowest BCUT2D eigenvalue weighted by atomic mass is 9.85. The third kappa shape index (κ3) is 2.83. The van der Waals surface area contributed by atoms with Crippen LogP contribution in [0, 0.1) is 5.92 Å². The van der Waals surface area contributed by atoms with Crippen LogP contribution in [0.25, 0.3) is 0 Å². The Labute approximate surface area is 111 Å². The molecule has 0 saturated heterocycles. The van der Waals surface area contributed by atoms with Crippen molar-refractivity contribution in [3.63, 3.8) is 0 Å². The van der Waals surface area contributed by atoms with E-state index in [2.05, 4.69) is 35.1 Å². The molecule has 0 radical (unpaired) electrons. The van der Waals surface area contributed by atoms with Gasteiger partial charge in [-0.25, -0.2) is 4.98 Å². The van der Waals surface area contributed by atoms with Crippen molar-refractivity contribution < 1.29 is 0 Å². The van der Waals surface area contributed by atoms with E-state index in [1.54, 1.807) is 0 Å². The normalized spacial score (nSPS) is 17.3. The molecule has 0 spiro atoms. The zero-order valence-corrected chi connectivity index (χ0v) is 11.8. The third-order valence-electron chi connectivity index (χ3n) is 4.10. The van der Waals surface area contributed by atoms with Crippen molar-refractivity contribution >= 4 is 5.82 Å². The molecule has 3 nitrogen and oxygen atoms in total. The second-order valence-corrected chi connectivity index (χ2v) is 5.26. The van der Waals surface area contributed by atoms with Gasteiger partial charge in [-0.15, -0.1) is 0 Å². The standard InChI is InChI=1S/C15H25N3/c1-4-18(11-13-7-5-8-13)15-14(12(2)16-3)9-6-10-17-15/h6,9-10,12-13,16H,4-5,7-8,11H2,1-3H3. The number of nitrogens with zero attached hydrogens (tertiary/aromatic N) is 2. The SMILES string of the molecule is CCN(CC1CCC1)c1ncccc1C(C)NC. The van der Waals surface area contributed by atoms with Gasteiger partial charge < -0.3 is 10.2 Å². The van der Waals surface area contributed by atoms with E-state index in [-0.39, 0.29) is 0 Å². The van der Waals surface area contributed by atoms with Gasteiger partial charge in [0.1, 0.15) is 5.82 Å². The highest BCUT2D eigenvalue weighted by atomic mass is 15.2. The molecular weight excluding hydrogens is 222 g/mol. The highest BCUT2D eigenvalue weighted by molar-refractivity contribution is 5.48. The molecule has 0 bridgehead atoms. The lowest BCUT2D eigenvalue weighted by molar-refractivity contribution is 0.317. The largest absolute Gasteiger partial charge is 0.356 e. The first kappa shape index (κ1) is 13.3. The molecule has 1 unspecified atom stereocenters. The second-order valence-electron chi connectivity index (χ2n) is 5.26. The molecule has 0 aliphatic heterocycles. The summed E-state index contributed by atoms with van der Waals surface area (Å²) in [6.07, 6.45) is 6.09. The molecule has 1 heterocycles. The van der Waals surface area contributed by atoms with Crippen molar-refractivity contribution in [3.8, 4) is 0 Å². The Hall–Kier alpha value is -1.09. The van der Waals surface area contributed by atoms with Gasteiger partial charge in [0, 0.05) is 30.9 Å². The molecule has 18 heavy (non-hydrogen) atoms. The summed E-state index contributed by atoms with van der Waals surface area (Å²) >= 11 is 0. The van der Waals surface area contributed by atoms with Gasteiger partial charge in [-0.1, -0.05) is 12.5 Å². The highest BCUT2D eigenvalue weighted by Crippen LogP contribution is 2.30. The summed E-state index contributed by atoms with van der Waals surface area (Å²) < 4.78 is 0. The average Bonchev–Trinajstić information content (AvgIpc) is 2.37. The summed E-state index contributed by atoms with van der Waals surface area (Å²) in [7, 11) is 2.00. The van der Waals surface area contributed by atoms with Gasteiger partial charge >= 0.3 is 0 Å². The predicted molar refractivity (Wildman–Crippen MR) is 76.9 cm³/mol. The molecule has 0 aromatic carbocycles. The summed E-state index contributed by atoms with van der Waals surface area (Å²) in [6, 6.07) is 4.57. The Balaban J connectivity index is 2.17. The van der Waals surface area contributed by atoms with Crippen LogP contribution in [0.4, 0.5) is 5.82 Å². The molecule has 100 valence electrons. The summed E-state index contributed by atoms with van der Waals surface area (Å²) in [6.45, 7) is 6.62. The Morgan fingerprint density at radius 1 is 1.50 bits per heavy atom. The summed E-state index contributed by atoms with van der Waals surface area (Å²) in [5, 5.41) is 3.32. The number of anilines is 1. The number of aromatic nitrogens is 1. The number of hydrogen-bond acceptors (Lipinski definition) is 3. The van der Waals surface area contributed by atoms with Gasteiger partial charge in [0.05, 0.1) is 0 Å². The van der Waals surface area contributed by atoms with Gasteiger partial charge in [-0.05, 0) is 45.7 Å². The molecule has 1 aliphatic carbocycles. The fraction of sp³-hybridized carbons (Fsp3) is 0.667. The van der Waals surface area contributed by atoms with Crippen molar-refractivity contribution in [2.45, 2.75) is 39.2 Å². The molecule has 2 rings (SSSR count). The molecule has 1 aromatic heterocycles. The minimum atomic E-state index is 0.351. The number of hydrogen-bond donors (Lipinski definition) is 1. The summed E-state index contributed by atoms with van der Waals surface area (Å²) in [4.78, 5) is 7.05. The maximum atomic E-state index is 4.62. The van der Waals surface area contributed by atoms with Gasteiger partial charge in [0.15, 0.2) is 0 Å². The van der Waals surface area contributed by atoms with Crippen LogP contribution in [0.1, 0.15) is 44.7 Å². The van der Waals surface area contributed by atoms with E-state index in [1.807, 2.05) is 19.3 Å². The summed E-state index contributed by atoms with van der Waals surface area (Å²) in [5.41, 5.74) is 1.31. The smallest absolute Gasteiger partial charge is 0.133 e. The predicted octanol–water partition coefficient (Wildman–Crippen LogP) is 2.99. The maximum Gasteiger partial charge on any atom is 0.133 e. The van der Waals surface area contributed by atoms with Crippen molar-refractivity contribution in [2.24, 2.45) is 5.92 Å². The highest BCUT2D eigenvalue weighted by Gasteiger charge is 2.22. The molecule has 1 fully saturated rings. The van der Waals surface area contributed by atoms with E-state index >= 15 is 0 Å². The minimum absolute atomic E-state index is 0.351. The third-order valence-corrected chi connectivity index (χ3v) is 4.10. The molecule has 0 amide bonds. The topological polar surface area (TPSA) is 28.2 Å². The van der Waals surface area contributed by atoms with Gasteiger partial charge in [-0.2, -0.15) is 0 Å². The van der Waals surface area contributed by atoms with Crippen LogP contribution in [-0.4, -0.2) is 25.1 Å². The molecule has 1 saturated carbocycles. The van der Waals surface area contributed by atoms with E-state index in [4.69, 9.17) is 0 Å². The Bertz CT molecular complexity index is 374. The number of pyridine rings is 1. The first-order valence-electron chi connectivity index (χ1n) is 7.13. The van der Waals surface area contributed by atoms with E-state index in [0.717, 1.165) is 24.8 Å². The molecule has 1 N–H and O–H groups in total. The van der Waals surface area contributed by atoms with Crippen LogP contribution >= 0.6 is 0 Å². The monoisotopic (exact) mass is 247 g/mol. The molecule has 1 aromatic rings. The zero-order chi connectivity index (χ0) is 13.0. The fourth-order valence-electron chi connectivity index (χ4n) is 2.52. The van der Waals surface area contributed by atoms with E-state index in [9.17, 15) is 0 Å². The van der Waals surface area contributed by atoms with Crippen LogP contribution in [0.3, 0.4) is 0 Å². The molecular formula is C15H25N3. The fourth-order valence-corrected chi connectivity index (χ4v) is 2.52. The van der Waals surface area contributed by atoms with Crippen molar-refractivity contribution in [1.29, 1.82) is 0 Å². The van der Waals surface area contributed by atoms with E-state index in [0.29, 0.717) is 6.04 Å². The quantitative estimate of drug-likeness (QED) is 0.837. The van der Waals surface area contributed by atoms with E-state index in [1.165, 1.54) is 24.8 Å². The van der Waals surface area contributed by atoms with Crippen LogP contribution < -0.4 is 10.2 Å². The zero-order valence-electron chi connectivity index (χ0n) is 11.8. The first-order valence-corrected chi connectivity index (χ1v) is 7.13. The maximum absolute atomic E-state index is 4.62. The number of nitrogens with one attached hydrogen (secondary N) is 1. The minimum Gasteiger partial charge on any atom is -0.356 e. The number of rotatable bonds is 6. The van der Waals surface area contributed by atoms with Crippen LogP contribution in [0.5, 0.6) is 0 Å². The Morgan fingerprint density at radius 3 is 2.83 bits per heavy atom. The van der Waals surface area contributed by atoms with Crippen LogP contribution in [0.15, 0.2) is 18.3 Å². The van der Waals surface area contributed by atoms with Gasteiger partial charge in [0.2, 0.25) is 0 Å². The van der Waals surface area contributed by atoms with E-state index < -0.39 is 0 Å². The lowest BCUT2D eigenvalue weighted by Crippen LogP contribution is -2.34. The second kappa shape index (κ2) is 6.19. The van der Waals surface area contributed by atoms with Gasteiger partial charge in [-0.3, -0.25) is 0 Å². The molecule has 3 heteroatoms. The van der Waals surface area contributed by atoms with Crippen LogP contribution in [-0.2, 0) is 0 Å². The molecule has 1 atom stereocenters.